The molecule has 1 aliphatic heterocycles. The highest BCUT2D eigenvalue weighted by molar-refractivity contribution is 6.33. The molecule has 0 spiro atoms. The van der Waals surface area contributed by atoms with E-state index in [4.69, 9.17) is 16.3 Å². The van der Waals surface area contributed by atoms with E-state index in [2.05, 4.69) is 29.0 Å². The number of nitrogens with one attached hydrogen (secondary N) is 1. The minimum absolute atomic E-state index is 0.306. The van der Waals surface area contributed by atoms with Crippen molar-refractivity contribution in [2.75, 3.05) is 31.6 Å². The van der Waals surface area contributed by atoms with Crippen molar-refractivity contribution in [2.24, 2.45) is 5.92 Å². The average Bonchev–Trinajstić information content (AvgIpc) is 2.91. The van der Waals surface area contributed by atoms with Gasteiger partial charge in [0, 0.05) is 32.9 Å². The van der Waals surface area contributed by atoms with Crippen LogP contribution in [0.25, 0.3) is 0 Å². The summed E-state index contributed by atoms with van der Waals surface area (Å²) in [5, 5.41) is 4.11. The molecule has 1 N–H and O–H groups in total. The summed E-state index contributed by atoms with van der Waals surface area (Å²) in [7, 11) is 2.02. The van der Waals surface area contributed by atoms with Crippen LogP contribution in [0.2, 0.25) is 5.02 Å². The summed E-state index contributed by atoms with van der Waals surface area (Å²) in [5.41, 5.74) is 1.12. The van der Waals surface area contributed by atoms with Crippen molar-refractivity contribution in [1.82, 2.24) is 10.3 Å². The molecule has 0 aromatic carbocycles. The number of nitrogens with zero attached hydrogens (tertiary/aromatic N) is 2. The van der Waals surface area contributed by atoms with Gasteiger partial charge in [0.15, 0.2) is 0 Å². The minimum atomic E-state index is 0.306. The molecule has 1 unspecified atom stereocenters. The third-order valence-electron chi connectivity index (χ3n) is 3.62. The quantitative estimate of drug-likeness (QED) is 0.839. The first-order valence-corrected chi connectivity index (χ1v) is 8.12. The van der Waals surface area contributed by atoms with Crippen LogP contribution in [0.4, 0.5) is 5.82 Å². The maximum Gasteiger partial charge on any atom is 0.147 e. The van der Waals surface area contributed by atoms with Crippen LogP contribution in [-0.2, 0) is 11.3 Å². The van der Waals surface area contributed by atoms with Crippen LogP contribution >= 0.6 is 11.6 Å². The molecule has 1 fully saturated rings. The number of pyridine rings is 1. The zero-order chi connectivity index (χ0) is 15.2. The largest absolute Gasteiger partial charge is 0.376 e. The Morgan fingerprint density at radius 3 is 2.95 bits per heavy atom. The van der Waals surface area contributed by atoms with Gasteiger partial charge in [-0.15, -0.1) is 0 Å². The standard InChI is InChI=1S/C16H26ClN3O/c1-12(2)8-18-9-13-7-15(17)16(19-10-13)20(3)11-14-5-4-6-21-14/h7,10,12,14,18H,4-6,8-9,11H2,1-3H3. The van der Waals surface area contributed by atoms with E-state index in [0.717, 1.165) is 50.5 Å². The monoisotopic (exact) mass is 311 g/mol. The first-order valence-electron chi connectivity index (χ1n) is 7.74. The van der Waals surface area contributed by atoms with Crippen LogP contribution in [-0.4, -0.2) is 37.8 Å². The Labute approximate surface area is 132 Å². The van der Waals surface area contributed by atoms with Gasteiger partial charge in [0.05, 0.1) is 11.1 Å². The van der Waals surface area contributed by atoms with Crippen molar-refractivity contribution in [2.45, 2.75) is 39.3 Å². The zero-order valence-electron chi connectivity index (χ0n) is 13.2. The van der Waals surface area contributed by atoms with E-state index in [1.165, 1.54) is 0 Å². The van der Waals surface area contributed by atoms with Crippen molar-refractivity contribution in [1.29, 1.82) is 0 Å². The second kappa shape index (κ2) is 7.97. The molecule has 1 aromatic rings. The van der Waals surface area contributed by atoms with Gasteiger partial charge in [0.1, 0.15) is 5.82 Å². The average molecular weight is 312 g/mol. The van der Waals surface area contributed by atoms with E-state index in [1.54, 1.807) is 0 Å². The Morgan fingerprint density at radius 1 is 1.52 bits per heavy atom. The van der Waals surface area contributed by atoms with E-state index < -0.39 is 0 Å². The van der Waals surface area contributed by atoms with Gasteiger partial charge in [-0.25, -0.2) is 4.98 Å². The number of likely N-dealkylation sites (N-methyl/N-ethyl adjacent to an activating group) is 1. The lowest BCUT2D eigenvalue weighted by molar-refractivity contribution is 0.116. The van der Waals surface area contributed by atoms with Crippen LogP contribution in [0, 0.1) is 5.92 Å². The third-order valence-corrected chi connectivity index (χ3v) is 3.90. The molecule has 1 atom stereocenters. The van der Waals surface area contributed by atoms with E-state index in [-0.39, 0.29) is 0 Å². The van der Waals surface area contributed by atoms with Crippen molar-refractivity contribution in [3.05, 3.63) is 22.8 Å². The van der Waals surface area contributed by atoms with E-state index >= 15 is 0 Å². The second-order valence-corrected chi connectivity index (χ2v) is 6.60. The first-order chi connectivity index (χ1) is 10.1. The number of ether oxygens (including phenoxy) is 1. The lowest BCUT2D eigenvalue weighted by Gasteiger charge is -2.23. The molecule has 0 saturated carbocycles. The fourth-order valence-corrected chi connectivity index (χ4v) is 2.87. The van der Waals surface area contributed by atoms with E-state index in [0.29, 0.717) is 17.0 Å². The summed E-state index contributed by atoms with van der Waals surface area (Å²) in [5.74, 6) is 1.48. The molecule has 2 heterocycles. The molecule has 4 nitrogen and oxygen atoms in total. The zero-order valence-corrected chi connectivity index (χ0v) is 14.0. The predicted octanol–water partition coefficient (Wildman–Crippen LogP) is 3.10. The van der Waals surface area contributed by atoms with Gasteiger partial charge in [-0.2, -0.15) is 0 Å². The fourth-order valence-electron chi connectivity index (χ4n) is 2.53. The van der Waals surface area contributed by atoms with Crippen LogP contribution in [0.5, 0.6) is 0 Å². The van der Waals surface area contributed by atoms with E-state index in [9.17, 15) is 0 Å². The summed E-state index contributed by atoms with van der Waals surface area (Å²) in [4.78, 5) is 6.60. The number of aromatic nitrogens is 1. The van der Waals surface area contributed by atoms with Crippen LogP contribution in [0.1, 0.15) is 32.3 Å². The molecule has 0 aliphatic carbocycles. The van der Waals surface area contributed by atoms with Crippen LogP contribution in [0.3, 0.4) is 0 Å². The van der Waals surface area contributed by atoms with Gasteiger partial charge in [-0.05, 0) is 36.9 Å². The van der Waals surface area contributed by atoms with Crippen molar-refractivity contribution >= 4 is 17.4 Å². The Balaban J connectivity index is 1.91. The molecule has 0 radical (unpaired) electrons. The molecule has 1 aliphatic rings. The Morgan fingerprint density at radius 2 is 2.33 bits per heavy atom. The van der Waals surface area contributed by atoms with Gasteiger partial charge in [0.25, 0.3) is 0 Å². The molecular weight excluding hydrogens is 286 g/mol. The highest BCUT2D eigenvalue weighted by atomic mass is 35.5. The molecule has 1 aromatic heterocycles. The number of halogens is 1. The number of hydrogen-bond acceptors (Lipinski definition) is 4. The van der Waals surface area contributed by atoms with Crippen LogP contribution < -0.4 is 10.2 Å². The second-order valence-electron chi connectivity index (χ2n) is 6.19. The number of hydrogen-bond donors (Lipinski definition) is 1. The minimum Gasteiger partial charge on any atom is -0.376 e. The summed E-state index contributed by atoms with van der Waals surface area (Å²) in [6, 6.07) is 2.00. The molecule has 2 rings (SSSR count). The SMILES string of the molecule is CC(C)CNCc1cnc(N(C)CC2CCCO2)c(Cl)c1. The van der Waals surface area contributed by atoms with Gasteiger partial charge in [-0.1, -0.05) is 25.4 Å². The highest BCUT2D eigenvalue weighted by Gasteiger charge is 2.19. The highest BCUT2D eigenvalue weighted by Crippen LogP contribution is 2.24. The lowest BCUT2D eigenvalue weighted by Crippen LogP contribution is -2.29. The summed E-state index contributed by atoms with van der Waals surface area (Å²) < 4.78 is 5.66. The van der Waals surface area contributed by atoms with Gasteiger partial charge >= 0.3 is 0 Å². The fraction of sp³-hybridized carbons (Fsp3) is 0.688. The van der Waals surface area contributed by atoms with Gasteiger partial charge < -0.3 is 15.0 Å². The smallest absolute Gasteiger partial charge is 0.147 e. The normalized spacial score (nSPS) is 18.4. The van der Waals surface area contributed by atoms with Crippen LogP contribution in [0.15, 0.2) is 12.3 Å². The summed E-state index contributed by atoms with van der Waals surface area (Å²) >= 11 is 6.38. The Kier molecular flexibility index (Phi) is 6.27. The number of anilines is 1. The molecule has 118 valence electrons. The Bertz CT molecular complexity index is 447. The van der Waals surface area contributed by atoms with Gasteiger partial charge in [-0.3, -0.25) is 0 Å². The molecule has 5 heteroatoms. The number of rotatable bonds is 7. The van der Waals surface area contributed by atoms with E-state index in [1.807, 2.05) is 19.3 Å². The molecule has 0 amide bonds. The summed E-state index contributed by atoms with van der Waals surface area (Å²) in [6.07, 6.45) is 4.49. The maximum absolute atomic E-state index is 6.38. The maximum atomic E-state index is 6.38. The lowest BCUT2D eigenvalue weighted by atomic mass is 10.2. The van der Waals surface area contributed by atoms with Gasteiger partial charge in [0.2, 0.25) is 0 Å². The Hall–Kier alpha value is -0.840. The topological polar surface area (TPSA) is 37.4 Å². The molecular formula is C16H26ClN3O. The molecule has 1 saturated heterocycles. The molecule has 21 heavy (non-hydrogen) atoms. The van der Waals surface area contributed by atoms with Crippen molar-refractivity contribution in [3.63, 3.8) is 0 Å². The predicted molar refractivity (Wildman–Crippen MR) is 88.0 cm³/mol. The van der Waals surface area contributed by atoms with Crippen molar-refractivity contribution in [3.8, 4) is 0 Å². The third kappa shape index (κ3) is 5.13. The van der Waals surface area contributed by atoms with Crippen molar-refractivity contribution < 1.29 is 4.74 Å². The molecule has 0 bridgehead atoms. The summed E-state index contributed by atoms with van der Waals surface area (Å²) in [6.45, 7) is 7.92. The first kappa shape index (κ1) is 16.5.